The molecule has 1 atom stereocenters. The predicted octanol–water partition coefficient (Wildman–Crippen LogP) is -0.868. The quantitative estimate of drug-likeness (QED) is 0.376. The SMILES string of the molecule is NC(=O)C(=S)C(O)CS. The minimum Gasteiger partial charge on any atom is -0.386 e. The summed E-state index contributed by atoms with van der Waals surface area (Å²) in [6.45, 7) is 0. The van der Waals surface area contributed by atoms with Gasteiger partial charge in [-0.1, -0.05) is 12.2 Å². The fraction of sp³-hybridized carbons (Fsp3) is 0.500. The van der Waals surface area contributed by atoms with Crippen molar-refractivity contribution in [2.45, 2.75) is 6.10 Å². The minimum absolute atomic E-state index is 0.127. The summed E-state index contributed by atoms with van der Waals surface area (Å²) in [6, 6.07) is 0. The van der Waals surface area contributed by atoms with E-state index >= 15 is 0 Å². The van der Waals surface area contributed by atoms with Crippen molar-refractivity contribution in [2.75, 3.05) is 5.75 Å². The predicted molar refractivity (Wildman–Crippen MR) is 41.7 cm³/mol. The van der Waals surface area contributed by atoms with Crippen LogP contribution in [0.1, 0.15) is 0 Å². The van der Waals surface area contributed by atoms with Crippen LogP contribution in [0.4, 0.5) is 0 Å². The van der Waals surface area contributed by atoms with Crippen molar-refractivity contribution in [3.63, 3.8) is 0 Å². The molecule has 0 aromatic carbocycles. The zero-order chi connectivity index (χ0) is 7.44. The molecule has 0 radical (unpaired) electrons. The zero-order valence-corrected chi connectivity index (χ0v) is 6.28. The molecule has 0 saturated carbocycles. The second-order valence-corrected chi connectivity index (χ2v) is 2.23. The van der Waals surface area contributed by atoms with Gasteiger partial charge >= 0.3 is 0 Å². The summed E-state index contributed by atoms with van der Waals surface area (Å²) in [7, 11) is 0. The minimum atomic E-state index is -0.985. The van der Waals surface area contributed by atoms with Crippen molar-refractivity contribution < 1.29 is 9.90 Å². The van der Waals surface area contributed by atoms with Crippen molar-refractivity contribution in [1.29, 1.82) is 0 Å². The van der Waals surface area contributed by atoms with Crippen LogP contribution in [0, 0.1) is 0 Å². The zero-order valence-electron chi connectivity index (χ0n) is 4.57. The standard InChI is InChI=1S/C4H7NO2S2/c5-4(7)3(9)2(6)1-8/h2,6,8H,1H2,(H2,5,7). The van der Waals surface area contributed by atoms with E-state index in [0.29, 0.717) is 0 Å². The Hall–Kier alpha value is -0.130. The first kappa shape index (κ1) is 8.87. The van der Waals surface area contributed by atoms with Gasteiger partial charge in [-0.3, -0.25) is 4.79 Å². The highest BCUT2D eigenvalue weighted by Gasteiger charge is 2.12. The number of carbonyl (C=O) groups is 1. The molecule has 5 heteroatoms. The number of thiol groups is 1. The molecular weight excluding hydrogens is 158 g/mol. The van der Waals surface area contributed by atoms with Gasteiger partial charge in [0.15, 0.2) is 0 Å². The molecule has 9 heavy (non-hydrogen) atoms. The summed E-state index contributed by atoms with van der Waals surface area (Å²) < 4.78 is 0. The van der Waals surface area contributed by atoms with Crippen LogP contribution in [0.5, 0.6) is 0 Å². The van der Waals surface area contributed by atoms with Crippen LogP contribution in [-0.2, 0) is 4.79 Å². The molecule has 0 saturated heterocycles. The molecule has 0 rings (SSSR count). The maximum atomic E-state index is 10.2. The summed E-state index contributed by atoms with van der Waals surface area (Å²) in [5.41, 5.74) is 4.74. The molecule has 1 unspecified atom stereocenters. The Kier molecular flexibility index (Phi) is 3.76. The van der Waals surface area contributed by atoms with Gasteiger partial charge in [0.2, 0.25) is 0 Å². The smallest absolute Gasteiger partial charge is 0.258 e. The highest BCUT2D eigenvalue weighted by Crippen LogP contribution is 1.90. The Morgan fingerprint density at radius 1 is 1.89 bits per heavy atom. The van der Waals surface area contributed by atoms with Gasteiger partial charge in [0.1, 0.15) is 11.0 Å². The number of aliphatic hydroxyl groups is 1. The molecule has 52 valence electrons. The monoisotopic (exact) mass is 165 g/mol. The third-order valence-corrected chi connectivity index (χ3v) is 1.54. The van der Waals surface area contributed by atoms with Crippen LogP contribution in [-0.4, -0.2) is 27.7 Å². The van der Waals surface area contributed by atoms with E-state index in [1.54, 1.807) is 0 Å². The van der Waals surface area contributed by atoms with Gasteiger partial charge in [-0.25, -0.2) is 0 Å². The van der Waals surface area contributed by atoms with E-state index in [-0.39, 0.29) is 10.6 Å². The molecule has 0 aliphatic heterocycles. The largest absolute Gasteiger partial charge is 0.386 e. The second kappa shape index (κ2) is 3.81. The van der Waals surface area contributed by atoms with Crippen LogP contribution in [0.15, 0.2) is 0 Å². The van der Waals surface area contributed by atoms with Gasteiger partial charge < -0.3 is 10.8 Å². The summed E-state index contributed by atoms with van der Waals surface area (Å²) >= 11 is 8.13. The normalized spacial score (nSPS) is 12.7. The summed E-state index contributed by atoms with van der Waals surface area (Å²) in [6.07, 6.45) is -0.985. The van der Waals surface area contributed by atoms with E-state index in [2.05, 4.69) is 24.8 Å². The summed E-state index contributed by atoms with van der Waals surface area (Å²) in [4.78, 5) is 10.0. The van der Waals surface area contributed by atoms with Crippen LogP contribution in [0.2, 0.25) is 0 Å². The summed E-state index contributed by atoms with van der Waals surface area (Å²) in [5, 5.41) is 8.78. The van der Waals surface area contributed by atoms with Crippen molar-refractivity contribution in [2.24, 2.45) is 5.73 Å². The van der Waals surface area contributed by atoms with Gasteiger partial charge in [0.05, 0.1) is 0 Å². The molecule has 0 spiro atoms. The number of primary amides is 1. The van der Waals surface area contributed by atoms with Gasteiger partial charge in [-0.15, -0.1) is 0 Å². The second-order valence-electron chi connectivity index (χ2n) is 1.43. The maximum absolute atomic E-state index is 10.2. The van der Waals surface area contributed by atoms with Crippen molar-refractivity contribution in [3.8, 4) is 0 Å². The lowest BCUT2D eigenvalue weighted by molar-refractivity contribution is -0.112. The van der Waals surface area contributed by atoms with Gasteiger partial charge in [-0.2, -0.15) is 12.6 Å². The van der Waals surface area contributed by atoms with E-state index in [0.717, 1.165) is 0 Å². The molecule has 0 bridgehead atoms. The van der Waals surface area contributed by atoms with Crippen LogP contribution in [0.25, 0.3) is 0 Å². The van der Waals surface area contributed by atoms with Gasteiger partial charge in [0.25, 0.3) is 5.91 Å². The lowest BCUT2D eigenvalue weighted by atomic mass is 10.3. The fourth-order valence-electron chi connectivity index (χ4n) is 0.247. The molecule has 1 amide bonds. The molecule has 3 nitrogen and oxygen atoms in total. The average molecular weight is 165 g/mol. The number of nitrogens with two attached hydrogens (primary N) is 1. The van der Waals surface area contributed by atoms with E-state index in [1.165, 1.54) is 0 Å². The average Bonchev–Trinajstić information content (AvgIpc) is 1.84. The first-order valence-corrected chi connectivity index (χ1v) is 3.26. The number of aliphatic hydroxyl groups excluding tert-OH is 1. The highest BCUT2D eigenvalue weighted by atomic mass is 32.1. The number of thiocarbonyl (C=S) groups is 1. The van der Waals surface area contributed by atoms with Crippen LogP contribution < -0.4 is 5.73 Å². The number of hydrogen-bond donors (Lipinski definition) is 3. The van der Waals surface area contributed by atoms with E-state index in [1.807, 2.05) is 0 Å². The topological polar surface area (TPSA) is 63.3 Å². The third kappa shape index (κ3) is 2.78. The van der Waals surface area contributed by atoms with E-state index < -0.39 is 12.0 Å². The van der Waals surface area contributed by atoms with Crippen molar-refractivity contribution in [1.82, 2.24) is 0 Å². The van der Waals surface area contributed by atoms with Gasteiger partial charge in [-0.05, 0) is 0 Å². The molecule has 0 aromatic rings. The molecule has 0 heterocycles. The Morgan fingerprint density at radius 2 is 2.33 bits per heavy atom. The van der Waals surface area contributed by atoms with Gasteiger partial charge in [0, 0.05) is 5.75 Å². The number of amides is 1. The third-order valence-electron chi connectivity index (χ3n) is 0.718. The molecule has 0 fully saturated rings. The summed E-state index contributed by atoms with van der Waals surface area (Å²) in [5.74, 6) is -0.631. The Morgan fingerprint density at radius 3 is 2.44 bits per heavy atom. The van der Waals surface area contributed by atoms with Crippen molar-refractivity contribution >= 4 is 35.6 Å². The molecule has 0 aromatic heterocycles. The van der Waals surface area contributed by atoms with E-state index in [4.69, 9.17) is 10.8 Å². The maximum Gasteiger partial charge on any atom is 0.258 e. The number of hydrogen-bond acceptors (Lipinski definition) is 4. The Labute approximate surface area is 63.6 Å². The first-order chi connectivity index (χ1) is 4.09. The Balaban J connectivity index is 3.88. The molecule has 0 aliphatic carbocycles. The van der Waals surface area contributed by atoms with Crippen molar-refractivity contribution in [3.05, 3.63) is 0 Å². The lowest BCUT2D eigenvalue weighted by Crippen LogP contribution is -2.33. The van der Waals surface area contributed by atoms with Crippen LogP contribution in [0.3, 0.4) is 0 Å². The van der Waals surface area contributed by atoms with Crippen LogP contribution >= 0.6 is 24.8 Å². The highest BCUT2D eigenvalue weighted by molar-refractivity contribution is 7.83. The molecular formula is C4H7NO2S2. The molecule has 0 aliphatic rings. The first-order valence-electron chi connectivity index (χ1n) is 2.22. The Bertz CT molecular complexity index is 137. The lowest BCUT2D eigenvalue weighted by Gasteiger charge is -2.03. The van der Waals surface area contributed by atoms with E-state index in [9.17, 15) is 4.79 Å². The number of rotatable bonds is 3. The molecule has 3 N–H and O–H groups in total. The fourth-order valence-corrected chi connectivity index (χ4v) is 0.637. The number of carbonyl (C=O) groups excluding carboxylic acids is 1.